The molecule has 0 radical (unpaired) electrons. The molecule has 0 saturated heterocycles. The van der Waals surface area contributed by atoms with Crippen LogP contribution in [0, 0.1) is 33.2 Å². The molecule has 5 aromatic rings. The minimum Gasteiger partial charge on any atom is -0.195 e. The predicted molar refractivity (Wildman–Crippen MR) is 208 cm³/mol. The molecule has 6 heteroatoms. The van der Waals surface area contributed by atoms with Gasteiger partial charge in [0.25, 0.3) is 0 Å². The Morgan fingerprint density at radius 1 is 0.457 bits per heavy atom. The van der Waals surface area contributed by atoms with Crippen molar-refractivity contribution in [3.8, 4) is 22.9 Å². The molecule has 0 unspecified atom stereocenters. The van der Waals surface area contributed by atoms with E-state index in [2.05, 4.69) is 130 Å². The first-order valence-electron chi connectivity index (χ1n) is 16.8. The Labute approximate surface area is 285 Å². The Bertz CT molecular complexity index is 1790. The summed E-state index contributed by atoms with van der Waals surface area (Å²) in [5.74, 6) is 7.61. The number of benzene rings is 3. The zero-order valence-electron chi connectivity index (χ0n) is 29.5. The Hall–Kier alpha value is -2.49. The van der Waals surface area contributed by atoms with Crippen LogP contribution in [0.2, 0.25) is 33.2 Å². The second-order valence-electron chi connectivity index (χ2n) is 15.0. The van der Waals surface area contributed by atoms with Gasteiger partial charge in [-0.1, -0.05) is 94.9 Å². The summed E-state index contributed by atoms with van der Waals surface area (Å²) in [7, 11) is -4.15. The van der Waals surface area contributed by atoms with E-state index in [1.165, 1.54) is 22.7 Å². The summed E-state index contributed by atoms with van der Waals surface area (Å²) < 4.78 is 31.3. The van der Waals surface area contributed by atoms with Gasteiger partial charge in [-0.2, -0.15) is 8.78 Å². The SMILES string of the molecule is CC(C)[Si](C#Cc1c2cc3cc(F)sc3cc2c(C#C[Si](C(C)C)(C(C)C)C(C)C)c2cc3sc(F)cc3cc12)(C(C)C)C(C)C. The van der Waals surface area contributed by atoms with Gasteiger partial charge in [0.2, 0.25) is 0 Å². The molecule has 0 amide bonds. The maximum Gasteiger partial charge on any atom is 0.177 e. The van der Waals surface area contributed by atoms with E-state index in [-0.39, 0.29) is 10.3 Å². The van der Waals surface area contributed by atoms with Gasteiger partial charge in [0.05, 0.1) is 0 Å². The molecular formula is C40H48F2S2Si2. The summed E-state index contributed by atoms with van der Waals surface area (Å²) in [6.07, 6.45) is 0. The van der Waals surface area contributed by atoms with Crippen LogP contribution in [0.3, 0.4) is 0 Å². The van der Waals surface area contributed by atoms with E-state index in [1.54, 1.807) is 12.1 Å². The van der Waals surface area contributed by atoms with Crippen LogP contribution in [-0.2, 0) is 0 Å². The highest BCUT2D eigenvalue weighted by Gasteiger charge is 2.43. The van der Waals surface area contributed by atoms with Gasteiger partial charge >= 0.3 is 0 Å². The van der Waals surface area contributed by atoms with E-state index in [0.717, 1.165) is 52.8 Å². The van der Waals surface area contributed by atoms with Crippen LogP contribution < -0.4 is 0 Å². The van der Waals surface area contributed by atoms with Gasteiger partial charge in [0.15, 0.2) is 10.3 Å². The molecule has 0 aliphatic rings. The van der Waals surface area contributed by atoms with Crippen molar-refractivity contribution < 1.29 is 8.78 Å². The maximum absolute atomic E-state index is 14.7. The van der Waals surface area contributed by atoms with Crippen LogP contribution in [-0.4, -0.2) is 16.1 Å². The Morgan fingerprint density at radius 3 is 1.02 bits per heavy atom. The normalized spacial score (nSPS) is 13.0. The molecule has 0 nitrogen and oxygen atoms in total. The third-order valence-corrected chi connectivity index (χ3v) is 25.2. The zero-order valence-corrected chi connectivity index (χ0v) is 33.1. The lowest BCUT2D eigenvalue weighted by molar-refractivity contribution is 0.658. The number of hydrogen-bond acceptors (Lipinski definition) is 2. The minimum absolute atomic E-state index is 0.192. The first kappa shape index (κ1) is 34.8. The summed E-state index contributed by atoms with van der Waals surface area (Å²) >= 11 is 2.36. The van der Waals surface area contributed by atoms with Gasteiger partial charge in [-0.3, -0.25) is 0 Å². The third-order valence-electron chi connectivity index (χ3n) is 10.9. The van der Waals surface area contributed by atoms with Crippen LogP contribution >= 0.6 is 22.7 Å². The molecule has 0 aliphatic carbocycles. The van der Waals surface area contributed by atoms with Gasteiger partial charge in [-0.15, -0.1) is 33.8 Å². The summed E-state index contributed by atoms with van der Waals surface area (Å²) in [6, 6.07) is 11.8. The first-order chi connectivity index (χ1) is 21.5. The molecule has 0 spiro atoms. The van der Waals surface area contributed by atoms with Crippen LogP contribution in [0.4, 0.5) is 8.78 Å². The zero-order chi connectivity index (χ0) is 33.9. The van der Waals surface area contributed by atoms with Gasteiger partial charge in [0, 0.05) is 31.3 Å². The van der Waals surface area contributed by atoms with E-state index in [9.17, 15) is 8.78 Å². The van der Waals surface area contributed by atoms with Crippen LogP contribution in [0.5, 0.6) is 0 Å². The molecule has 0 fully saturated rings. The summed E-state index contributed by atoms with van der Waals surface area (Å²) in [6.45, 7) is 28.0. The highest BCUT2D eigenvalue weighted by atomic mass is 32.1. The van der Waals surface area contributed by atoms with Gasteiger partial charge in [-0.05, 0) is 91.2 Å². The molecule has 0 aliphatic heterocycles. The third kappa shape index (κ3) is 5.68. The fraction of sp³-hybridized carbons (Fsp3) is 0.450. The smallest absolute Gasteiger partial charge is 0.177 e. The molecular weight excluding hydrogens is 639 g/mol. The first-order valence-corrected chi connectivity index (χ1v) is 22.9. The van der Waals surface area contributed by atoms with Crippen molar-refractivity contribution in [1.29, 1.82) is 0 Å². The fourth-order valence-electron chi connectivity index (χ4n) is 8.70. The molecule has 0 saturated carbocycles. The second kappa shape index (κ2) is 12.8. The topological polar surface area (TPSA) is 0 Å². The lowest BCUT2D eigenvalue weighted by Gasteiger charge is -2.38. The molecule has 3 aromatic carbocycles. The summed E-state index contributed by atoms with van der Waals surface area (Å²) in [5.41, 5.74) is 12.8. The van der Waals surface area contributed by atoms with Crippen molar-refractivity contribution in [3.05, 3.63) is 57.8 Å². The quantitative estimate of drug-likeness (QED) is 0.0947. The highest BCUT2D eigenvalue weighted by molar-refractivity contribution is 7.18. The average Bonchev–Trinajstić information content (AvgIpc) is 3.50. The number of hydrogen-bond donors (Lipinski definition) is 0. The molecule has 0 atom stereocenters. The van der Waals surface area contributed by atoms with Gasteiger partial charge < -0.3 is 0 Å². The fourth-order valence-corrected chi connectivity index (χ4v) is 20.7. The van der Waals surface area contributed by atoms with Crippen LogP contribution in [0.25, 0.3) is 41.7 Å². The highest BCUT2D eigenvalue weighted by Crippen LogP contribution is 2.44. The van der Waals surface area contributed by atoms with E-state index in [4.69, 9.17) is 0 Å². The summed E-state index contributed by atoms with van der Waals surface area (Å²) in [4.78, 5) is 0. The molecule has 0 N–H and O–H groups in total. The van der Waals surface area contributed by atoms with E-state index >= 15 is 0 Å². The number of rotatable bonds is 6. The molecule has 242 valence electrons. The maximum atomic E-state index is 14.7. The van der Waals surface area contributed by atoms with Crippen molar-refractivity contribution in [2.75, 3.05) is 0 Å². The van der Waals surface area contributed by atoms with Gasteiger partial charge in [-0.25, -0.2) is 0 Å². The number of thiophene rings is 2. The lowest BCUT2D eigenvalue weighted by atomic mass is 9.91. The largest absolute Gasteiger partial charge is 0.195 e. The Balaban J connectivity index is 2.02. The van der Waals surface area contributed by atoms with E-state index in [0.29, 0.717) is 33.2 Å². The molecule has 2 heterocycles. The summed E-state index contributed by atoms with van der Waals surface area (Å²) in [5, 5.41) is 5.43. The molecule has 5 rings (SSSR count). The Morgan fingerprint density at radius 2 is 0.739 bits per heavy atom. The standard InChI is InChI=1S/C40H48F2S2Si2/c1-23(2)45(24(3)4,25(5)6)15-13-31-33-17-29-19-39(41)43-37(29)21-35(33)32(14-16-46(26(7)8,27(9)10)28(11)12)36-22-38-30(18-34(31)36)20-40(42)44-38/h17-28H,1-12H3. The predicted octanol–water partition coefficient (Wildman–Crippen LogP) is 13.8. The minimum atomic E-state index is -2.08. The van der Waals surface area contributed by atoms with Crippen molar-refractivity contribution in [2.45, 2.75) is 116 Å². The lowest BCUT2D eigenvalue weighted by Crippen LogP contribution is -2.43. The second-order valence-corrected chi connectivity index (χ2v) is 28.2. The monoisotopic (exact) mass is 686 g/mol. The molecule has 0 bridgehead atoms. The van der Waals surface area contributed by atoms with Crippen molar-refractivity contribution in [2.24, 2.45) is 0 Å². The molecule has 2 aromatic heterocycles. The number of fused-ring (bicyclic) bond motifs is 4. The number of halogens is 2. The van der Waals surface area contributed by atoms with Crippen LogP contribution in [0.15, 0.2) is 36.4 Å². The van der Waals surface area contributed by atoms with Crippen molar-refractivity contribution in [1.82, 2.24) is 0 Å². The van der Waals surface area contributed by atoms with Crippen molar-refractivity contribution >= 4 is 80.5 Å². The van der Waals surface area contributed by atoms with Crippen LogP contribution in [0.1, 0.15) is 94.2 Å². The van der Waals surface area contributed by atoms with Gasteiger partial charge in [0.1, 0.15) is 16.1 Å². The Kier molecular flexibility index (Phi) is 9.73. The van der Waals surface area contributed by atoms with Crippen molar-refractivity contribution in [3.63, 3.8) is 0 Å². The van der Waals surface area contributed by atoms with E-state index in [1.807, 2.05) is 0 Å². The average molecular weight is 687 g/mol. The molecule has 46 heavy (non-hydrogen) atoms. The van der Waals surface area contributed by atoms with E-state index < -0.39 is 16.1 Å².